The number of amides is 14. The van der Waals surface area contributed by atoms with Crippen LogP contribution < -0.4 is 75.3 Å². The molecule has 0 spiro atoms. The fourth-order valence-corrected chi connectivity index (χ4v) is 10.9. The van der Waals surface area contributed by atoms with E-state index in [4.69, 9.17) is 21.4 Å². The third-order valence-electron chi connectivity index (χ3n) is 15.0. The summed E-state index contributed by atoms with van der Waals surface area (Å²) in [6, 6.07) is -8.90. The number of aromatic hydroxyl groups is 2. The van der Waals surface area contributed by atoms with Crippen molar-refractivity contribution < 1.29 is 112 Å². The molecule has 1 heterocycles. The first-order valence-corrected chi connectivity index (χ1v) is 35.6. The van der Waals surface area contributed by atoms with E-state index < -0.39 is 228 Å². The lowest BCUT2D eigenvalue weighted by atomic mass is 10.0. The Morgan fingerprint density at radius 3 is 1.30 bits per heavy atom. The van der Waals surface area contributed by atoms with Gasteiger partial charge in [-0.25, -0.2) is 4.79 Å². The molecule has 22 N–H and O–H groups in total. The molecular formula is C61H89N15O23S6. The highest BCUT2D eigenvalue weighted by Crippen LogP contribution is 2.21. The van der Waals surface area contributed by atoms with Crippen molar-refractivity contribution in [2.24, 2.45) is 11.5 Å². The van der Waals surface area contributed by atoms with Crippen LogP contribution in [0.4, 0.5) is 0 Å². The summed E-state index contributed by atoms with van der Waals surface area (Å²) in [6.45, 7) is 2.47. The van der Waals surface area contributed by atoms with Crippen molar-refractivity contribution in [1.82, 2.24) is 68.7 Å². The van der Waals surface area contributed by atoms with Gasteiger partial charge in [0.25, 0.3) is 5.97 Å². The number of aliphatic hydroxyl groups is 1. The van der Waals surface area contributed by atoms with Crippen LogP contribution in [0.2, 0.25) is 0 Å². The highest BCUT2D eigenvalue weighted by Gasteiger charge is 2.41. The molecule has 0 aliphatic carbocycles. The summed E-state index contributed by atoms with van der Waals surface area (Å²) in [7, 11) is 0. The van der Waals surface area contributed by atoms with Gasteiger partial charge in [0.05, 0.1) is 25.1 Å². The van der Waals surface area contributed by atoms with Crippen LogP contribution in [-0.4, -0.2) is 268 Å². The number of nitrogens with two attached hydrogens (primary N) is 2. The van der Waals surface area contributed by atoms with Gasteiger partial charge in [0.2, 0.25) is 82.7 Å². The van der Waals surface area contributed by atoms with Gasteiger partial charge in [0.1, 0.15) is 84.0 Å². The number of benzene rings is 2. The van der Waals surface area contributed by atoms with E-state index in [0.717, 1.165) is 18.7 Å². The van der Waals surface area contributed by atoms with Gasteiger partial charge in [-0.1, -0.05) is 24.3 Å². The van der Waals surface area contributed by atoms with Gasteiger partial charge < -0.3 is 111 Å². The summed E-state index contributed by atoms with van der Waals surface area (Å²) in [5, 5.41) is 84.6. The zero-order chi connectivity index (χ0) is 79.5. The number of nitrogens with zero attached hydrogens (tertiary/aromatic N) is 1. The molecule has 0 bridgehead atoms. The molecule has 1 aliphatic heterocycles. The maximum absolute atomic E-state index is 14.2. The highest BCUT2D eigenvalue weighted by molar-refractivity contribution is 7.81. The van der Waals surface area contributed by atoms with Gasteiger partial charge in [-0.05, 0) is 68.5 Å². The Morgan fingerprint density at radius 2 is 0.876 bits per heavy atom. The lowest BCUT2D eigenvalue weighted by Crippen LogP contribution is -2.61. The first kappa shape index (κ1) is 92.1. The molecule has 1 fully saturated rings. The van der Waals surface area contributed by atoms with Crippen molar-refractivity contribution in [2.45, 2.75) is 150 Å². The Balaban J connectivity index is 0.00000911. The van der Waals surface area contributed by atoms with Crippen LogP contribution in [-0.2, 0) is 94.3 Å². The minimum atomic E-state index is -1.78. The van der Waals surface area contributed by atoms with Crippen LogP contribution in [0.3, 0.4) is 0 Å². The molecular weight excluding hydrogens is 1500 g/mol. The van der Waals surface area contributed by atoms with E-state index in [-0.39, 0.29) is 61.0 Å². The third-order valence-corrected chi connectivity index (χ3v) is 17.2. The number of hydrogen-bond acceptors (Lipinski definition) is 27. The van der Waals surface area contributed by atoms with Crippen molar-refractivity contribution in [3.63, 3.8) is 0 Å². The van der Waals surface area contributed by atoms with E-state index in [1.807, 2.05) is 0 Å². The van der Waals surface area contributed by atoms with E-state index in [1.54, 1.807) is 0 Å². The predicted octanol–water partition coefficient (Wildman–Crippen LogP) is -7.45. The fourth-order valence-electron chi connectivity index (χ4n) is 9.41. The van der Waals surface area contributed by atoms with Crippen molar-refractivity contribution >= 4 is 176 Å². The number of carboxylic acid groups (broad SMARTS) is 3. The Bertz CT molecular complexity index is 3400. The van der Waals surface area contributed by atoms with E-state index in [2.05, 4.69) is 140 Å². The second kappa shape index (κ2) is 46.8. The smallest absolute Gasteiger partial charge is 0.326 e. The van der Waals surface area contributed by atoms with E-state index in [9.17, 15) is 102 Å². The normalized spacial score (nSPS) is 16.0. The quantitative estimate of drug-likeness (QED) is 0.0275. The predicted molar refractivity (Wildman–Crippen MR) is 393 cm³/mol. The Kier molecular flexibility index (Phi) is 41.1. The average molecular weight is 1590 g/mol. The number of likely N-dealkylation sites (tertiary alicyclic amines) is 1. The van der Waals surface area contributed by atoms with E-state index in [1.165, 1.54) is 55.5 Å². The summed E-state index contributed by atoms with van der Waals surface area (Å²) in [6.07, 6.45) is -4.01. The molecule has 3 rings (SSSR count). The van der Waals surface area contributed by atoms with Crippen LogP contribution in [0.1, 0.15) is 64.0 Å². The first-order valence-electron chi connectivity index (χ1n) is 31.8. The van der Waals surface area contributed by atoms with Crippen molar-refractivity contribution in [2.75, 3.05) is 47.6 Å². The van der Waals surface area contributed by atoms with Crippen LogP contribution in [0.15, 0.2) is 48.5 Å². The molecule has 582 valence electrons. The minimum Gasteiger partial charge on any atom is -0.508 e. The number of carbonyl (C=O) groups excluding carboxylic acids is 14. The maximum Gasteiger partial charge on any atom is 0.326 e. The largest absolute Gasteiger partial charge is 0.508 e. The van der Waals surface area contributed by atoms with Crippen LogP contribution in [0, 0.1) is 0 Å². The lowest BCUT2D eigenvalue weighted by molar-refractivity contribution is -0.143. The number of aliphatic hydroxyl groups excluding tert-OH is 1. The summed E-state index contributed by atoms with van der Waals surface area (Å²) < 4.78 is 0. The van der Waals surface area contributed by atoms with Gasteiger partial charge in [0.15, 0.2) is 0 Å². The van der Waals surface area contributed by atoms with Crippen LogP contribution in [0.5, 0.6) is 11.5 Å². The molecule has 1 aliphatic rings. The van der Waals surface area contributed by atoms with Crippen molar-refractivity contribution in [3.8, 4) is 11.5 Å². The number of hydrogen-bond donors (Lipinski definition) is 26. The molecule has 105 heavy (non-hydrogen) atoms. The zero-order valence-electron chi connectivity index (χ0n) is 56.7. The van der Waals surface area contributed by atoms with Gasteiger partial charge in [0, 0.05) is 67.2 Å². The lowest BCUT2D eigenvalue weighted by Gasteiger charge is -2.30. The summed E-state index contributed by atoms with van der Waals surface area (Å²) in [5.41, 5.74) is 12.0. The summed E-state index contributed by atoms with van der Waals surface area (Å²) in [5.74, 6) is -20.1. The topological polar surface area (TPSA) is 611 Å². The molecule has 44 heteroatoms. The first-order chi connectivity index (χ1) is 49.3. The fraction of sp³-hybridized carbons (Fsp3) is 0.525. The number of thiol groups is 6. The average Bonchev–Trinajstić information content (AvgIpc) is 1.73. The molecule has 0 radical (unpaired) electrons. The standard InChI is InChI=1S/C59H85N15O21S6.C2H4O2/c1-26(47(82)69-41(25-101)55(90)73-46(27(2)75)57(92)62-19-44(79)64-37(21-97)51(86)68-36(59(94)95)17-29-7-11-31(77)12-8-29)63-56(91)42-4-3-15-74(42)58(93)35(18-43(61)78)67-53(88)39(23-99)72-54(89)40(24-100)71-50(85)34(16-28-5-9-30(76)10-6-28)66-49(84)33(13-14-45(80)81)65-52(87)38(22-98)70-48(83)32(60)20-96;1-2(3)4/h5-12,26-27,32-42,46,75-77,96-101H,3-4,13-25,60H2,1-2H3,(H2,61,78)(H,62,92)(H,63,91)(H,64,79)(H,65,87)(H,66,84)(H,67,88)(H,68,86)(H,69,82)(H,70,83)(H,71,85)(H,72,89)(H,73,90)(H,80,81)(H,94,95);1H3,(H,3,4)/t26-,27+,32-,33-,34-,35-,36-,37-,38-,39-,40-,41-,42-,46-;/m0./s1. The Hall–Kier alpha value is -8.95. The van der Waals surface area contributed by atoms with Crippen molar-refractivity contribution in [3.05, 3.63) is 59.7 Å². The number of carbonyl (C=O) groups is 17. The minimum absolute atomic E-state index is 0.00496. The SMILES string of the molecule is CC(=O)O.C[C@H](NC(=O)[C@@H]1CCCN1C(=O)[C@H](CC(N)=O)NC(=O)[C@H](CS)NC(=O)[C@H](CS)NC(=O)[C@H](Cc1ccc(O)cc1)NC(=O)[C@H](CCC(=O)O)NC(=O)[C@H](CS)NC(=O)[C@@H](N)CS)C(=O)N[C@@H](CS)C(=O)N[C@H](C(=O)NCC(=O)N[C@@H](CS)C(=O)N[C@@H](Cc1ccc(O)cc1)C(=O)O)[C@@H](C)O. The molecule has 0 aromatic heterocycles. The molecule has 2 aromatic rings. The van der Waals surface area contributed by atoms with Crippen molar-refractivity contribution in [1.29, 1.82) is 0 Å². The number of phenols is 2. The molecule has 1 saturated heterocycles. The Labute approximate surface area is 634 Å². The number of nitrogens with one attached hydrogen (secondary N) is 12. The third kappa shape index (κ3) is 32.5. The van der Waals surface area contributed by atoms with E-state index in [0.29, 0.717) is 11.1 Å². The number of aliphatic carboxylic acids is 3. The van der Waals surface area contributed by atoms with Gasteiger partial charge in [-0.15, -0.1) is 0 Å². The molecule has 14 atom stereocenters. The Morgan fingerprint density at radius 1 is 0.495 bits per heavy atom. The van der Waals surface area contributed by atoms with Gasteiger partial charge >= 0.3 is 11.9 Å². The highest BCUT2D eigenvalue weighted by atomic mass is 32.1. The second-order valence-corrected chi connectivity index (χ2v) is 25.6. The summed E-state index contributed by atoms with van der Waals surface area (Å²) in [4.78, 5) is 222. The zero-order valence-corrected chi connectivity index (χ0v) is 62.1. The maximum atomic E-state index is 14.2. The number of primary amides is 1. The van der Waals surface area contributed by atoms with Gasteiger partial charge in [-0.3, -0.25) is 76.7 Å². The molecule has 38 nitrogen and oxygen atoms in total. The monoisotopic (exact) mass is 1590 g/mol. The number of carboxylic acids is 3. The molecule has 2 aromatic carbocycles. The summed E-state index contributed by atoms with van der Waals surface area (Å²) >= 11 is 24.6. The molecule has 0 unspecified atom stereocenters. The van der Waals surface area contributed by atoms with Crippen LogP contribution in [0.25, 0.3) is 0 Å². The van der Waals surface area contributed by atoms with Crippen LogP contribution >= 0.6 is 75.8 Å². The second-order valence-electron chi connectivity index (χ2n) is 23.4. The molecule has 14 amide bonds. The molecule has 0 saturated carbocycles. The van der Waals surface area contributed by atoms with E-state index >= 15 is 0 Å². The number of phenolic OH excluding ortho intramolecular Hbond substituents is 2. The van der Waals surface area contributed by atoms with Gasteiger partial charge in [-0.2, -0.15) is 75.8 Å². The number of rotatable bonds is 42.